The Kier molecular flexibility index (Phi) is 9.24. The van der Waals surface area contributed by atoms with Crippen molar-refractivity contribution in [3.8, 4) is 0 Å². The van der Waals surface area contributed by atoms with Crippen molar-refractivity contribution < 1.29 is 4.21 Å². The van der Waals surface area contributed by atoms with Crippen molar-refractivity contribution in [1.29, 1.82) is 0 Å². The largest absolute Gasteiger partial charge is 0.342 e. The molecule has 0 unspecified atom stereocenters. The SMILES string of the molecule is CCCCCCCCCC[C@@]1([S@@](=O)c2ccc(C)cc2)[C@@H](c2ccccc2)N1c1ccc(Br)cc1. The van der Waals surface area contributed by atoms with Crippen LogP contribution in [0.2, 0.25) is 0 Å². The van der Waals surface area contributed by atoms with Gasteiger partial charge in [-0.05, 0) is 55.3 Å². The predicted molar refractivity (Wildman–Crippen MR) is 153 cm³/mol. The molecular weight excluding hydrogens is 514 g/mol. The average molecular weight is 553 g/mol. The van der Waals surface area contributed by atoms with Crippen LogP contribution in [0.15, 0.2) is 88.2 Å². The number of halogens is 1. The Morgan fingerprint density at radius 2 is 1.40 bits per heavy atom. The fourth-order valence-electron chi connectivity index (χ4n) is 5.25. The van der Waals surface area contributed by atoms with Crippen molar-refractivity contribution in [3.63, 3.8) is 0 Å². The van der Waals surface area contributed by atoms with E-state index in [2.05, 4.69) is 114 Å². The zero-order valence-corrected chi connectivity index (χ0v) is 23.5. The highest BCUT2D eigenvalue weighted by atomic mass is 79.9. The Bertz CT molecular complexity index is 1080. The molecule has 1 heterocycles. The van der Waals surface area contributed by atoms with Crippen molar-refractivity contribution in [2.24, 2.45) is 0 Å². The first kappa shape index (κ1) is 26.2. The van der Waals surface area contributed by atoms with E-state index in [9.17, 15) is 4.21 Å². The van der Waals surface area contributed by atoms with E-state index in [0.29, 0.717) is 0 Å². The van der Waals surface area contributed by atoms with Crippen molar-refractivity contribution >= 4 is 32.4 Å². The Hall–Kier alpha value is -1.91. The summed E-state index contributed by atoms with van der Waals surface area (Å²) >= 11 is 3.58. The second-order valence-corrected chi connectivity index (χ2v) is 12.4. The third kappa shape index (κ3) is 6.09. The van der Waals surface area contributed by atoms with Gasteiger partial charge in [0.1, 0.15) is 4.87 Å². The van der Waals surface area contributed by atoms with Gasteiger partial charge in [-0.15, -0.1) is 0 Å². The third-order valence-corrected chi connectivity index (χ3v) is 9.69. The smallest absolute Gasteiger partial charge is 0.146 e. The molecule has 0 spiro atoms. The van der Waals surface area contributed by atoms with Crippen LogP contribution in [0.25, 0.3) is 0 Å². The molecule has 4 rings (SSSR count). The summed E-state index contributed by atoms with van der Waals surface area (Å²) in [4.78, 5) is 2.93. The number of benzene rings is 3. The Balaban J connectivity index is 1.61. The summed E-state index contributed by atoms with van der Waals surface area (Å²) in [5.41, 5.74) is 3.58. The van der Waals surface area contributed by atoms with Gasteiger partial charge in [0, 0.05) is 15.1 Å². The normalized spacial score (nSPS) is 20.1. The van der Waals surface area contributed by atoms with Gasteiger partial charge in [0.05, 0.1) is 16.8 Å². The molecule has 1 aliphatic rings. The van der Waals surface area contributed by atoms with Crippen molar-refractivity contribution in [3.05, 3.63) is 94.5 Å². The highest BCUT2D eigenvalue weighted by Gasteiger charge is 2.67. The van der Waals surface area contributed by atoms with Crippen molar-refractivity contribution in [1.82, 2.24) is 0 Å². The molecule has 0 radical (unpaired) electrons. The van der Waals surface area contributed by atoms with Crippen LogP contribution in [0.1, 0.15) is 81.9 Å². The van der Waals surface area contributed by atoms with Gasteiger partial charge >= 0.3 is 0 Å². The summed E-state index contributed by atoms with van der Waals surface area (Å²) in [6.45, 7) is 4.35. The lowest BCUT2D eigenvalue weighted by molar-refractivity contribution is 0.551. The zero-order valence-electron chi connectivity index (χ0n) is 21.1. The summed E-state index contributed by atoms with van der Waals surface area (Å²) < 4.78 is 15.4. The van der Waals surface area contributed by atoms with E-state index in [-0.39, 0.29) is 6.04 Å². The first-order valence-electron chi connectivity index (χ1n) is 13.2. The van der Waals surface area contributed by atoms with E-state index in [4.69, 9.17) is 0 Å². The van der Waals surface area contributed by atoms with Gasteiger partial charge in [0.25, 0.3) is 0 Å². The van der Waals surface area contributed by atoms with Crippen LogP contribution in [0.4, 0.5) is 5.69 Å². The minimum absolute atomic E-state index is 0.108. The van der Waals surface area contributed by atoms with Crippen LogP contribution >= 0.6 is 15.9 Å². The standard InChI is InChI=1S/C31H38BrNOS/c1-3-4-5-6-7-8-9-13-24-31(35(34)29-22-16-25(2)17-23-29)30(26-14-11-10-12-15-26)33(31)28-20-18-27(32)19-21-28/h10-12,14-23,30H,3-9,13,24H2,1-2H3/t30-,31-,33?,35+/m1/s1. The number of hydrogen-bond donors (Lipinski definition) is 0. The van der Waals surface area contributed by atoms with Gasteiger partial charge in [-0.2, -0.15) is 0 Å². The third-order valence-electron chi connectivity index (χ3n) is 7.19. The maximum absolute atomic E-state index is 14.4. The number of hydrogen-bond acceptors (Lipinski definition) is 2. The number of unbranched alkanes of at least 4 members (excludes halogenated alkanes) is 7. The molecule has 3 aromatic rings. The highest BCUT2D eigenvalue weighted by Crippen LogP contribution is 2.61. The summed E-state index contributed by atoms with van der Waals surface area (Å²) in [7, 11) is -1.15. The van der Waals surface area contributed by atoms with Crippen LogP contribution in [-0.4, -0.2) is 9.08 Å². The lowest BCUT2D eigenvalue weighted by Gasteiger charge is -2.19. The maximum Gasteiger partial charge on any atom is 0.146 e. The van der Waals surface area contributed by atoms with Crippen LogP contribution < -0.4 is 4.90 Å². The summed E-state index contributed by atoms with van der Waals surface area (Å²) in [5.74, 6) is 0. The van der Waals surface area contributed by atoms with E-state index < -0.39 is 15.7 Å². The molecule has 0 N–H and O–H groups in total. The first-order chi connectivity index (χ1) is 17.1. The van der Waals surface area contributed by atoms with Gasteiger partial charge in [0.2, 0.25) is 0 Å². The molecule has 1 fully saturated rings. The summed E-state index contributed by atoms with van der Waals surface area (Å²) in [6, 6.07) is 27.5. The Labute approximate surface area is 222 Å². The summed E-state index contributed by atoms with van der Waals surface area (Å²) in [6.07, 6.45) is 11.1. The molecular formula is C31H38BrNOS. The van der Waals surface area contributed by atoms with Crippen molar-refractivity contribution in [2.75, 3.05) is 4.90 Å². The topological polar surface area (TPSA) is 20.1 Å². The molecule has 35 heavy (non-hydrogen) atoms. The molecule has 3 atom stereocenters. The molecule has 3 aromatic carbocycles. The molecule has 0 amide bonds. The van der Waals surface area contributed by atoms with Crippen LogP contribution in [-0.2, 0) is 10.8 Å². The highest BCUT2D eigenvalue weighted by molar-refractivity contribution is 9.10. The molecule has 0 bridgehead atoms. The molecule has 0 aromatic heterocycles. The van der Waals surface area contributed by atoms with E-state index in [0.717, 1.165) is 27.9 Å². The number of nitrogens with zero attached hydrogens (tertiary/aromatic N) is 1. The molecule has 0 saturated carbocycles. The number of rotatable bonds is 13. The molecule has 1 saturated heterocycles. The van der Waals surface area contributed by atoms with Crippen LogP contribution in [0, 0.1) is 6.92 Å². The molecule has 1 aliphatic heterocycles. The van der Waals surface area contributed by atoms with Crippen LogP contribution in [0.5, 0.6) is 0 Å². The minimum Gasteiger partial charge on any atom is -0.342 e. The monoisotopic (exact) mass is 551 g/mol. The zero-order chi connectivity index (χ0) is 24.7. The molecule has 4 heteroatoms. The van der Waals surface area contributed by atoms with Gasteiger partial charge < -0.3 is 4.90 Å². The fraction of sp³-hybridized carbons (Fsp3) is 0.419. The second kappa shape index (κ2) is 12.4. The fourth-order valence-corrected chi connectivity index (χ4v) is 7.41. The van der Waals surface area contributed by atoms with Crippen molar-refractivity contribution in [2.45, 2.75) is 87.4 Å². The summed E-state index contributed by atoms with van der Waals surface area (Å²) in [5, 5.41) is 0. The Morgan fingerprint density at radius 1 is 0.800 bits per heavy atom. The van der Waals surface area contributed by atoms with E-state index in [1.54, 1.807) is 0 Å². The molecule has 2 nitrogen and oxygen atoms in total. The second-order valence-electron chi connectivity index (χ2n) is 9.81. The quantitative estimate of drug-likeness (QED) is 0.156. The minimum atomic E-state index is -1.15. The number of anilines is 1. The van der Waals surface area contributed by atoms with E-state index in [1.165, 1.54) is 56.1 Å². The molecule has 186 valence electrons. The van der Waals surface area contributed by atoms with Gasteiger partial charge in [-0.1, -0.05) is 122 Å². The lowest BCUT2D eigenvalue weighted by Crippen LogP contribution is -2.25. The van der Waals surface area contributed by atoms with Crippen LogP contribution in [0.3, 0.4) is 0 Å². The molecule has 0 aliphatic carbocycles. The average Bonchev–Trinajstić information content (AvgIpc) is 3.56. The van der Waals surface area contributed by atoms with E-state index >= 15 is 0 Å². The Morgan fingerprint density at radius 3 is 2.03 bits per heavy atom. The predicted octanol–water partition coefficient (Wildman–Crippen LogP) is 9.35. The first-order valence-corrected chi connectivity index (χ1v) is 15.1. The number of aryl methyl sites for hydroxylation is 1. The maximum atomic E-state index is 14.4. The van der Waals surface area contributed by atoms with Gasteiger partial charge in [0.15, 0.2) is 0 Å². The lowest BCUT2D eigenvalue weighted by atomic mass is 10.0. The van der Waals surface area contributed by atoms with Gasteiger partial charge in [-0.25, -0.2) is 0 Å². The van der Waals surface area contributed by atoms with Gasteiger partial charge in [-0.3, -0.25) is 4.21 Å². The van der Waals surface area contributed by atoms with E-state index in [1.807, 2.05) is 0 Å².